The van der Waals surface area contributed by atoms with E-state index in [0.29, 0.717) is 25.1 Å². The number of hydrogen-bond acceptors (Lipinski definition) is 6. The average molecular weight is 510 g/mol. The maximum absolute atomic E-state index is 12.3. The highest BCUT2D eigenvalue weighted by atomic mass is 32.2. The van der Waals surface area contributed by atoms with Crippen molar-refractivity contribution < 1.29 is 23.4 Å². The molecule has 1 heterocycles. The fraction of sp³-hybridized carbons (Fsp3) is 0.296. The lowest BCUT2D eigenvalue weighted by atomic mass is 9.97. The molecule has 1 aliphatic rings. The molecule has 0 aliphatic carbocycles. The van der Waals surface area contributed by atoms with Gasteiger partial charge in [0, 0.05) is 36.6 Å². The van der Waals surface area contributed by atoms with Crippen molar-refractivity contribution in [2.75, 3.05) is 31.3 Å². The molecule has 8 nitrogen and oxygen atoms in total. The van der Waals surface area contributed by atoms with Gasteiger partial charge in [-0.2, -0.15) is 4.31 Å². The fourth-order valence-electron chi connectivity index (χ4n) is 4.33. The van der Waals surface area contributed by atoms with Crippen LogP contribution in [0.4, 0.5) is 11.4 Å². The van der Waals surface area contributed by atoms with Gasteiger partial charge in [-0.05, 0) is 71.5 Å². The molecular formula is C27H31N3O5S. The van der Waals surface area contributed by atoms with Crippen LogP contribution in [0.5, 0.6) is 0 Å². The Morgan fingerprint density at radius 1 is 1.11 bits per heavy atom. The van der Waals surface area contributed by atoms with E-state index in [-0.39, 0.29) is 12.5 Å². The molecule has 3 aromatic rings. The Labute approximate surface area is 211 Å². The summed E-state index contributed by atoms with van der Waals surface area (Å²) in [4.78, 5) is 12.3. The van der Waals surface area contributed by atoms with Crippen LogP contribution in [0.2, 0.25) is 0 Å². The predicted octanol–water partition coefficient (Wildman–Crippen LogP) is 2.81. The monoisotopic (exact) mass is 509 g/mol. The summed E-state index contributed by atoms with van der Waals surface area (Å²) in [7, 11) is -3.23. The van der Waals surface area contributed by atoms with Crippen LogP contribution in [0.3, 0.4) is 0 Å². The number of amides is 1. The molecule has 1 atom stereocenters. The zero-order valence-electron chi connectivity index (χ0n) is 20.4. The average Bonchev–Trinajstić information content (AvgIpc) is 2.87. The molecule has 190 valence electrons. The molecule has 0 saturated carbocycles. The summed E-state index contributed by atoms with van der Waals surface area (Å²) in [5.74, 6) is -0.315. The van der Waals surface area contributed by atoms with Crippen molar-refractivity contribution in [1.82, 2.24) is 9.62 Å². The second-order valence-corrected chi connectivity index (χ2v) is 11.1. The van der Waals surface area contributed by atoms with Gasteiger partial charge in [-0.1, -0.05) is 30.3 Å². The van der Waals surface area contributed by atoms with E-state index in [1.54, 1.807) is 12.1 Å². The lowest BCUT2D eigenvalue weighted by Crippen LogP contribution is -2.35. The summed E-state index contributed by atoms with van der Waals surface area (Å²) in [5, 5.41) is 24.4. The van der Waals surface area contributed by atoms with Crippen LogP contribution < -0.4 is 10.6 Å². The molecule has 36 heavy (non-hydrogen) atoms. The fourth-order valence-corrected chi connectivity index (χ4v) is 5.12. The number of carbonyl (C=O) groups excluding carboxylic acids is 1. The summed E-state index contributed by atoms with van der Waals surface area (Å²) in [6, 6.07) is 19.3. The maximum Gasteiger partial charge on any atom is 0.251 e. The molecule has 4 N–H and O–H groups in total. The van der Waals surface area contributed by atoms with Crippen molar-refractivity contribution >= 4 is 27.3 Å². The molecule has 0 spiro atoms. The summed E-state index contributed by atoms with van der Waals surface area (Å²) >= 11 is 0. The standard InChI is InChI=1S/C27H31N3O5S/c1-18-6-11-22(29-26-5-3-4-21-16-30(36(2,34)35)13-12-24(21)26)14-25(18)19-7-9-20(10-8-19)27(33)28-15-23(32)17-31/h3-11,14,23,29,31-32H,12-13,15-17H2,1-2H3,(H,28,33). The first-order valence-electron chi connectivity index (χ1n) is 11.8. The third-order valence-electron chi connectivity index (χ3n) is 6.38. The maximum atomic E-state index is 12.3. The molecule has 0 fully saturated rings. The van der Waals surface area contributed by atoms with Gasteiger partial charge in [0.25, 0.3) is 5.91 Å². The van der Waals surface area contributed by atoms with Crippen LogP contribution in [0, 0.1) is 6.92 Å². The smallest absolute Gasteiger partial charge is 0.251 e. The molecule has 9 heteroatoms. The molecule has 4 rings (SSSR count). The number of nitrogens with one attached hydrogen (secondary N) is 2. The predicted molar refractivity (Wildman–Crippen MR) is 141 cm³/mol. The first kappa shape index (κ1) is 25.8. The number of benzene rings is 3. The van der Waals surface area contributed by atoms with Crippen molar-refractivity contribution in [1.29, 1.82) is 0 Å². The number of hydrogen-bond donors (Lipinski definition) is 4. The second kappa shape index (κ2) is 10.8. The van der Waals surface area contributed by atoms with Gasteiger partial charge < -0.3 is 20.8 Å². The SMILES string of the molecule is Cc1ccc(Nc2cccc3c2CCN(S(C)(=O)=O)C3)cc1-c1ccc(C(=O)NCC(O)CO)cc1. The van der Waals surface area contributed by atoms with E-state index in [9.17, 15) is 18.3 Å². The van der Waals surface area contributed by atoms with E-state index >= 15 is 0 Å². The van der Waals surface area contributed by atoms with Crippen molar-refractivity contribution in [2.24, 2.45) is 0 Å². The lowest BCUT2D eigenvalue weighted by Gasteiger charge is -2.28. The number of aryl methyl sites for hydroxylation is 1. The van der Waals surface area contributed by atoms with E-state index in [1.165, 1.54) is 10.6 Å². The van der Waals surface area contributed by atoms with Crippen LogP contribution in [0.15, 0.2) is 60.7 Å². The third kappa shape index (κ3) is 5.93. The number of fused-ring (bicyclic) bond motifs is 1. The molecule has 1 aliphatic heterocycles. The molecule has 0 saturated heterocycles. The van der Waals surface area contributed by atoms with Crippen LogP contribution in [-0.2, 0) is 23.0 Å². The Morgan fingerprint density at radius 2 is 1.86 bits per heavy atom. The Kier molecular flexibility index (Phi) is 7.75. The summed E-state index contributed by atoms with van der Waals surface area (Å²) in [5.41, 5.74) is 7.54. The van der Waals surface area contributed by atoms with Gasteiger partial charge in [0.15, 0.2) is 0 Å². The van der Waals surface area contributed by atoms with Gasteiger partial charge in [-0.3, -0.25) is 4.79 Å². The topological polar surface area (TPSA) is 119 Å². The minimum atomic E-state index is -3.23. The Balaban J connectivity index is 1.53. The van der Waals surface area contributed by atoms with Gasteiger partial charge in [-0.15, -0.1) is 0 Å². The van der Waals surface area contributed by atoms with Gasteiger partial charge in [0.1, 0.15) is 0 Å². The van der Waals surface area contributed by atoms with E-state index in [1.807, 2.05) is 49.4 Å². The zero-order valence-corrected chi connectivity index (χ0v) is 21.2. The normalized spacial score (nSPS) is 14.7. The number of aliphatic hydroxyl groups is 2. The third-order valence-corrected chi connectivity index (χ3v) is 7.63. The van der Waals surface area contributed by atoms with Crippen molar-refractivity contribution in [2.45, 2.75) is 26.0 Å². The quantitative estimate of drug-likeness (QED) is 0.371. The van der Waals surface area contributed by atoms with Gasteiger partial charge in [0.2, 0.25) is 10.0 Å². The van der Waals surface area contributed by atoms with Gasteiger partial charge in [-0.25, -0.2) is 8.42 Å². The lowest BCUT2D eigenvalue weighted by molar-refractivity contribution is 0.0802. The number of rotatable bonds is 8. The second-order valence-electron chi connectivity index (χ2n) is 9.07. The van der Waals surface area contributed by atoms with E-state index in [2.05, 4.69) is 16.7 Å². The molecule has 3 aromatic carbocycles. The minimum Gasteiger partial charge on any atom is -0.394 e. The molecule has 1 amide bonds. The molecule has 1 unspecified atom stereocenters. The highest BCUT2D eigenvalue weighted by Gasteiger charge is 2.24. The molecular weight excluding hydrogens is 478 g/mol. The van der Waals surface area contributed by atoms with Gasteiger partial charge >= 0.3 is 0 Å². The largest absolute Gasteiger partial charge is 0.394 e. The van der Waals surface area contributed by atoms with Crippen LogP contribution in [-0.4, -0.2) is 60.9 Å². The Morgan fingerprint density at radius 3 is 2.56 bits per heavy atom. The van der Waals surface area contributed by atoms with E-state index < -0.39 is 22.7 Å². The summed E-state index contributed by atoms with van der Waals surface area (Å²) < 4.78 is 25.5. The van der Waals surface area contributed by atoms with Crippen molar-refractivity contribution in [3.05, 3.63) is 82.9 Å². The van der Waals surface area contributed by atoms with E-state index in [0.717, 1.165) is 39.2 Å². The number of anilines is 2. The first-order valence-corrected chi connectivity index (χ1v) is 13.6. The number of aliphatic hydroxyl groups excluding tert-OH is 2. The van der Waals surface area contributed by atoms with Crippen LogP contribution >= 0.6 is 0 Å². The Hall–Kier alpha value is -3.24. The van der Waals surface area contributed by atoms with Crippen molar-refractivity contribution in [3.8, 4) is 11.1 Å². The number of carbonyl (C=O) groups is 1. The molecule has 0 radical (unpaired) electrons. The zero-order chi connectivity index (χ0) is 25.9. The highest BCUT2D eigenvalue weighted by Crippen LogP contribution is 2.32. The molecule has 0 bridgehead atoms. The first-order chi connectivity index (χ1) is 17.2. The summed E-state index contributed by atoms with van der Waals surface area (Å²) in [6.45, 7) is 2.44. The van der Waals surface area contributed by atoms with Crippen LogP contribution in [0.1, 0.15) is 27.0 Å². The molecule has 0 aromatic heterocycles. The number of sulfonamides is 1. The Bertz CT molecular complexity index is 1360. The minimum absolute atomic E-state index is 0.0145. The summed E-state index contributed by atoms with van der Waals surface area (Å²) in [6.07, 6.45) is 0.900. The highest BCUT2D eigenvalue weighted by molar-refractivity contribution is 7.88. The van der Waals surface area contributed by atoms with E-state index in [4.69, 9.17) is 5.11 Å². The van der Waals surface area contributed by atoms with Gasteiger partial charge in [0.05, 0.1) is 19.0 Å². The number of nitrogens with zero attached hydrogens (tertiary/aromatic N) is 1. The van der Waals surface area contributed by atoms with Crippen LogP contribution in [0.25, 0.3) is 11.1 Å². The van der Waals surface area contributed by atoms with Crippen molar-refractivity contribution in [3.63, 3.8) is 0 Å².